The molecule has 124 valence electrons. The van der Waals surface area contributed by atoms with Gasteiger partial charge in [-0.2, -0.15) is 0 Å². The minimum Gasteiger partial charge on any atom is -0.456 e. The minimum absolute atomic E-state index is 0.848. The number of hydrogen-bond donors (Lipinski definition) is 0. The van der Waals surface area contributed by atoms with Crippen LogP contribution in [0, 0.1) is 13.8 Å². The Morgan fingerprint density at radius 1 is 0.800 bits per heavy atom. The molecule has 0 aliphatic carbocycles. The van der Waals surface area contributed by atoms with Crippen LogP contribution in [0.1, 0.15) is 22.3 Å². The summed E-state index contributed by atoms with van der Waals surface area (Å²) in [4.78, 5) is 0. The van der Waals surface area contributed by atoms with Crippen molar-refractivity contribution in [2.75, 3.05) is 0 Å². The van der Waals surface area contributed by atoms with E-state index in [0.717, 1.165) is 42.0 Å². The Morgan fingerprint density at radius 2 is 1.56 bits per heavy atom. The molecule has 0 aromatic heterocycles. The molecule has 0 radical (unpaired) electrons. The molecule has 3 heteroatoms. The minimum atomic E-state index is 0.848. The third kappa shape index (κ3) is 2.76. The largest absolute Gasteiger partial charge is 0.456 e. The van der Waals surface area contributed by atoms with Crippen molar-refractivity contribution in [3.63, 3.8) is 0 Å². The highest BCUT2D eigenvalue weighted by molar-refractivity contribution is 9.10. The van der Waals surface area contributed by atoms with E-state index in [1.807, 2.05) is 6.07 Å². The van der Waals surface area contributed by atoms with Crippen molar-refractivity contribution < 1.29 is 4.74 Å². The van der Waals surface area contributed by atoms with Gasteiger partial charge in [0.15, 0.2) is 0 Å². The maximum atomic E-state index is 6.24. The molecule has 0 saturated carbocycles. The van der Waals surface area contributed by atoms with Gasteiger partial charge >= 0.3 is 0 Å². The number of aryl methyl sites for hydroxylation is 2. The van der Waals surface area contributed by atoms with Crippen LogP contribution >= 0.6 is 31.9 Å². The summed E-state index contributed by atoms with van der Waals surface area (Å²) in [6, 6.07) is 16.8. The molecule has 1 aliphatic heterocycles. The van der Waals surface area contributed by atoms with Gasteiger partial charge in [-0.15, -0.1) is 0 Å². The molecule has 1 heterocycles. The zero-order chi connectivity index (χ0) is 17.7. The topological polar surface area (TPSA) is 9.23 Å². The van der Waals surface area contributed by atoms with E-state index < -0.39 is 0 Å². The standard InChI is InChI=1S/C22H16Br2O/c1-12-6-4-5-7-15(12)22-16-10-18(23)13(2)8-20(16)25-21-9-14(3)19(24)11-17(21)22/h4-11H,2H2,1,3H3. The molecule has 1 nitrogen and oxygen atoms in total. The van der Waals surface area contributed by atoms with E-state index in [9.17, 15) is 0 Å². The Labute approximate surface area is 163 Å². The van der Waals surface area contributed by atoms with Gasteiger partial charge in [0.25, 0.3) is 0 Å². The predicted octanol–water partition coefficient (Wildman–Crippen LogP) is 5.59. The number of fused-ring (bicyclic) bond motifs is 2. The first kappa shape index (κ1) is 16.6. The Hall–Kier alpha value is -1.84. The van der Waals surface area contributed by atoms with Gasteiger partial charge in [-0.05, 0) is 60.0 Å². The van der Waals surface area contributed by atoms with E-state index in [1.165, 1.54) is 16.7 Å². The summed E-state index contributed by atoms with van der Waals surface area (Å²) >= 11 is 7.29. The van der Waals surface area contributed by atoms with Crippen molar-refractivity contribution in [2.24, 2.45) is 0 Å². The zero-order valence-electron chi connectivity index (χ0n) is 14.0. The first-order valence-electron chi connectivity index (χ1n) is 8.03. The molecule has 3 aromatic rings. The number of ether oxygens (including phenoxy) is 1. The van der Waals surface area contributed by atoms with E-state index in [4.69, 9.17) is 4.74 Å². The Bertz CT molecular complexity index is 1130. The lowest BCUT2D eigenvalue weighted by Crippen LogP contribution is -2.21. The Kier molecular flexibility index (Phi) is 4.09. The molecular formula is C22H16Br2O. The van der Waals surface area contributed by atoms with Gasteiger partial charge in [-0.25, -0.2) is 0 Å². The molecule has 3 aromatic carbocycles. The molecule has 0 fully saturated rings. The van der Waals surface area contributed by atoms with Gasteiger partial charge in [-0.3, -0.25) is 0 Å². The van der Waals surface area contributed by atoms with E-state index in [2.05, 4.69) is 94.8 Å². The summed E-state index contributed by atoms with van der Waals surface area (Å²) in [7, 11) is 0. The van der Waals surface area contributed by atoms with Crippen LogP contribution in [0.3, 0.4) is 0 Å². The third-order valence-electron chi connectivity index (χ3n) is 4.58. The van der Waals surface area contributed by atoms with E-state index in [-0.39, 0.29) is 0 Å². The summed E-state index contributed by atoms with van der Waals surface area (Å²) in [6.45, 7) is 8.31. The second-order valence-corrected chi connectivity index (χ2v) is 8.04. The summed E-state index contributed by atoms with van der Waals surface area (Å²) in [6.07, 6.45) is 0. The summed E-state index contributed by atoms with van der Waals surface area (Å²) in [5.41, 5.74) is 5.90. The predicted molar refractivity (Wildman–Crippen MR) is 111 cm³/mol. The Morgan fingerprint density at radius 3 is 2.32 bits per heavy atom. The molecule has 0 amide bonds. The van der Waals surface area contributed by atoms with Crippen molar-refractivity contribution in [1.82, 2.24) is 0 Å². The first-order chi connectivity index (χ1) is 12.0. The lowest BCUT2D eigenvalue weighted by molar-refractivity contribution is 0.471. The molecule has 25 heavy (non-hydrogen) atoms. The molecule has 0 atom stereocenters. The molecule has 0 saturated heterocycles. The lowest BCUT2D eigenvalue weighted by atomic mass is 9.90. The van der Waals surface area contributed by atoms with Crippen LogP contribution in [0.4, 0.5) is 0 Å². The average Bonchev–Trinajstić information content (AvgIpc) is 2.57. The monoisotopic (exact) mass is 454 g/mol. The maximum absolute atomic E-state index is 6.24. The SMILES string of the molecule is C=c1cc2c(cc1Br)=C(c1ccccc1C)c1cc(Br)c(C)cc1O2. The molecule has 0 unspecified atom stereocenters. The van der Waals surface area contributed by atoms with Crippen LogP contribution in [0.2, 0.25) is 0 Å². The van der Waals surface area contributed by atoms with Crippen LogP contribution in [0.5, 0.6) is 11.5 Å². The van der Waals surface area contributed by atoms with Crippen molar-refractivity contribution in [3.8, 4) is 11.5 Å². The maximum Gasteiger partial charge on any atom is 0.135 e. The number of halogens is 2. The summed E-state index contributed by atoms with van der Waals surface area (Å²) < 4.78 is 8.30. The van der Waals surface area contributed by atoms with Crippen LogP contribution in [-0.4, -0.2) is 0 Å². The fourth-order valence-electron chi connectivity index (χ4n) is 3.22. The molecule has 4 rings (SSSR count). The third-order valence-corrected chi connectivity index (χ3v) is 6.17. The van der Waals surface area contributed by atoms with Gasteiger partial charge < -0.3 is 4.74 Å². The van der Waals surface area contributed by atoms with Gasteiger partial charge in [0.1, 0.15) is 11.5 Å². The number of hydrogen-bond acceptors (Lipinski definition) is 1. The van der Waals surface area contributed by atoms with Gasteiger partial charge in [-0.1, -0.05) is 62.7 Å². The van der Waals surface area contributed by atoms with Crippen LogP contribution in [0.15, 0.2) is 57.5 Å². The smallest absolute Gasteiger partial charge is 0.135 e. The van der Waals surface area contributed by atoms with E-state index in [0.29, 0.717) is 0 Å². The second kappa shape index (κ2) is 6.15. The lowest BCUT2D eigenvalue weighted by Gasteiger charge is -2.23. The highest BCUT2D eigenvalue weighted by Gasteiger charge is 2.22. The Balaban J connectivity index is 2.20. The van der Waals surface area contributed by atoms with Crippen molar-refractivity contribution in [2.45, 2.75) is 13.8 Å². The average molecular weight is 456 g/mol. The zero-order valence-corrected chi connectivity index (χ0v) is 17.2. The van der Waals surface area contributed by atoms with Gasteiger partial charge in [0.05, 0.1) is 0 Å². The number of benzene rings is 3. The second-order valence-electron chi connectivity index (χ2n) is 6.33. The molecule has 0 bridgehead atoms. The normalized spacial score (nSPS) is 12.4. The van der Waals surface area contributed by atoms with Crippen molar-refractivity contribution in [1.29, 1.82) is 0 Å². The summed E-state index contributed by atoms with van der Waals surface area (Å²) in [5, 5.41) is 2.00. The molecule has 1 aliphatic rings. The van der Waals surface area contributed by atoms with E-state index >= 15 is 0 Å². The quantitative estimate of drug-likeness (QED) is 0.363. The molecular weight excluding hydrogens is 440 g/mol. The summed E-state index contributed by atoms with van der Waals surface area (Å²) in [5.74, 6) is 1.73. The fraction of sp³-hybridized carbons (Fsp3) is 0.0909. The van der Waals surface area contributed by atoms with Gasteiger partial charge in [0.2, 0.25) is 0 Å². The van der Waals surface area contributed by atoms with E-state index in [1.54, 1.807) is 0 Å². The first-order valence-corrected chi connectivity index (χ1v) is 9.61. The highest BCUT2D eigenvalue weighted by atomic mass is 79.9. The van der Waals surface area contributed by atoms with Gasteiger partial charge in [0, 0.05) is 25.3 Å². The van der Waals surface area contributed by atoms with Crippen LogP contribution < -0.4 is 15.2 Å². The van der Waals surface area contributed by atoms with Crippen molar-refractivity contribution >= 4 is 44.0 Å². The fourth-order valence-corrected chi connectivity index (χ4v) is 3.90. The number of rotatable bonds is 1. The van der Waals surface area contributed by atoms with Crippen molar-refractivity contribution in [3.05, 3.63) is 90.2 Å². The highest BCUT2D eigenvalue weighted by Crippen LogP contribution is 2.39. The molecule has 0 spiro atoms. The molecule has 0 N–H and O–H groups in total. The van der Waals surface area contributed by atoms with Crippen LogP contribution in [0.25, 0.3) is 12.2 Å². The van der Waals surface area contributed by atoms with Crippen LogP contribution in [-0.2, 0) is 0 Å².